The molecule has 0 amide bonds. The summed E-state index contributed by atoms with van der Waals surface area (Å²) in [5, 5.41) is 0. The van der Waals surface area contributed by atoms with Crippen molar-refractivity contribution >= 4 is 17.5 Å². The first-order valence-corrected chi connectivity index (χ1v) is 7.96. The molecule has 0 aromatic heterocycles. The van der Waals surface area contributed by atoms with E-state index in [9.17, 15) is 9.59 Å². The monoisotopic (exact) mass is 332 g/mol. The Kier molecular flexibility index (Phi) is 4.09. The Labute approximate surface area is 140 Å². The van der Waals surface area contributed by atoms with Crippen LogP contribution in [0, 0.1) is 0 Å². The minimum absolute atomic E-state index is 0.138. The number of allylic oxidation sites excluding steroid dienone is 1. The number of hydrogen-bond donors (Lipinski definition) is 0. The third kappa shape index (κ3) is 2.78. The highest BCUT2D eigenvalue weighted by molar-refractivity contribution is 5.78. The van der Waals surface area contributed by atoms with Crippen LogP contribution in [0.4, 0.5) is 0 Å². The molecule has 2 aliphatic rings. The van der Waals surface area contributed by atoms with Gasteiger partial charge in [-0.1, -0.05) is 6.92 Å². The zero-order chi connectivity index (χ0) is 17.5. The summed E-state index contributed by atoms with van der Waals surface area (Å²) in [5.41, 5.74) is 2.60. The number of hydrogen-bond acceptors (Lipinski definition) is 6. The van der Waals surface area contributed by atoms with Crippen LogP contribution in [0.3, 0.4) is 0 Å². The van der Waals surface area contributed by atoms with Crippen LogP contribution in [0.25, 0.3) is 5.57 Å². The number of fused-ring (bicyclic) bond motifs is 2. The highest BCUT2D eigenvalue weighted by Gasteiger charge is 2.53. The van der Waals surface area contributed by atoms with Crippen LogP contribution in [-0.4, -0.2) is 24.0 Å². The van der Waals surface area contributed by atoms with Crippen LogP contribution in [0.2, 0.25) is 0 Å². The fourth-order valence-electron chi connectivity index (χ4n) is 3.03. The van der Waals surface area contributed by atoms with Crippen molar-refractivity contribution in [1.29, 1.82) is 0 Å². The SMILES string of the molecule is CCC(=O)Oc1ccc2c(c1)O[C@@]1(OC(C)=O)O[C@H](C)CC1=C2C. The summed E-state index contributed by atoms with van der Waals surface area (Å²) in [6.07, 6.45) is 0.755. The molecule has 0 radical (unpaired) electrons. The number of benzene rings is 1. The molecule has 1 aromatic carbocycles. The molecule has 0 N–H and O–H groups in total. The van der Waals surface area contributed by atoms with E-state index in [0.29, 0.717) is 17.9 Å². The summed E-state index contributed by atoms with van der Waals surface area (Å²) >= 11 is 0. The van der Waals surface area contributed by atoms with Gasteiger partial charge in [0, 0.05) is 31.4 Å². The predicted octanol–water partition coefficient (Wildman–Crippen LogP) is 3.19. The molecule has 3 rings (SSSR count). The van der Waals surface area contributed by atoms with Crippen LogP contribution < -0.4 is 9.47 Å². The zero-order valence-corrected chi connectivity index (χ0v) is 14.2. The van der Waals surface area contributed by atoms with E-state index in [4.69, 9.17) is 18.9 Å². The Hall–Kier alpha value is -2.34. The van der Waals surface area contributed by atoms with Gasteiger partial charge in [-0.05, 0) is 31.6 Å². The van der Waals surface area contributed by atoms with Crippen LogP contribution in [0.1, 0.15) is 46.1 Å². The molecule has 2 atom stereocenters. The lowest BCUT2D eigenvalue weighted by Gasteiger charge is -2.34. The molecular weight excluding hydrogens is 312 g/mol. The molecule has 128 valence electrons. The number of carbonyl (C=O) groups is 2. The lowest BCUT2D eigenvalue weighted by Crippen LogP contribution is -2.44. The molecule has 6 heteroatoms. The molecule has 1 fully saturated rings. The minimum atomic E-state index is -1.53. The molecule has 24 heavy (non-hydrogen) atoms. The van der Waals surface area contributed by atoms with Crippen molar-refractivity contribution < 1.29 is 28.5 Å². The average Bonchev–Trinajstić information content (AvgIpc) is 2.82. The Bertz CT molecular complexity index is 735. The number of rotatable bonds is 3. The van der Waals surface area contributed by atoms with Crippen molar-refractivity contribution in [3.63, 3.8) is 0 Å². The quantitative estimate of drug-likeness (QED) is 0.625. The average molecular weight is 332 g/mol. The van der Waals surface area contributed by atoms with E-state index < -0.39 is 11.9 Å². The molecule has 1 saturated heterocycles. The van der Waals surface area contributed by atoms with Gasteiger partial charge in [0.05, 0.1) is 11.7 Å². The molecule has 0 spiro atoms. The van der Waals surface area contributed by atoms with Crippen LogP contribution in [0.15, 0.2) is 23.8 Å². The van der Waals surface area contributed by atoms with Gasteiger partial charge in [-0.15, -0.1) is 0 Å². The van der Waals surface area contributed by atoms with Gasteiger partial charge < -0.3 is 18.9 Å². The van der Waals surface area contributed by atoms with Crippen molar-refractivity contribution in [2.75, 3.05) is 0 Å². The topological polar surface area (TPSA) is 71.1 Å². The predicted molar refractivity (Wildman–Crippen MR) is 85.3 cm³/mol. The molecule has 0 aliphatic carbocycles. The van der Waals surface area contributed by atoms with Gasteiger partial charge in [0.1, 0.15) is 11.5 Å². The first kappa shape index (κ1) is 16.5. The van der Waals surface area contributed by atoms with Gasteiger partial charge in [0.15, 0.2) is 0 Å². The van der Waals surface area contributed by atoms with E-state index in [1.807, 2.05) is 19.9 Å². The summed E-state index contributed by atoms with van der Waals surface area (Å²) in [6.45, 7) is 6.87. The number of esters is 2. The second-order valence-corrected chi connectivity index (χ2v) is 5.97. The molecule has 2 heterocycles. The Morgan fingerprint density at radius 3 is 2.79 bits per heavy atom. The Balaban J connectivity index is 2.03. The Morgan fingerprint density at radius 1 is 1.38 bits per heavy atom. The minimum Gasteiger partial charge on any atom is -0.426 e. The van der Waals surface area contributed by atoms with Gasteiger partial charge in [0.25, 0.3) is 0 Å². The second-order valence-electron chi connectivity index (χ2n) is 5.97. The number of ether oxygens (including phenoxy) is 4. The molecule has 0 unspecified atom stereocenters. The van der Waals surface area contributed by atoms with E-state index in [-0.39, 0.29) is 18.5 Å². The van der Waals surface area contributed by atoms with E-state index in [1.54, 1.807) is 19.1 Å². The maximum absolute atomic E-state index is 11.6. The Morgan fingerprint density at radius 2 is 2.12 bits per heavy atom. The summed E-state index contributed by atoms with van der Waals surface area (Å²) in [4.78, 5) is 23.0. The highest BCUT2D eigenvalue weighted by atomic mass is 16.9. The first-order chi connectivity index (χ1) is 11.3. The molecular formula is C18H20O6. The van der Waals surface area contributed by atoms with Gasteiger partial charge in [-0.3, -0.25) is 9.59 Å². The van der Waals surface area contributed by atoms with Gasteiger partial charge in [-0.25, -0.2) is 0 Å². The largest absolute Gasteiger partial charge is 0.426 e. The normalized spacial score (nSPS) is 24.8. The van der Waals surface area contributed by atoms with Crippen molar-refractivity contribution in [2.45, 2.75) is 52.6 Å². The van der Waals surface area contributed by atoms with Crippen LogP contribution in [0.5, 0.6) is 11.5 Å². The summed E-state index contributed by atoms with van der Waals surface area (Å²) in [5.74, 6) is -1.53. The maximum atomic E-state index is 11.6. The van der Waals surface area contributed by atoms with Gasteiger partial charge in [0.2, 0.25) is 0 Å². The smallest absolute Gasteiger partial charge is 0.400 e. The molecule has 6 nitrogen and oxygen atoms in total. The number of carbonyl (C=O) groups excluding carboxylic acids is 2. The lowest BCUT2D eigenvalue weighted by molar-refractivity contribution is -0.295. The summed E-state index contributed by atoms with van der Waals surface area (Å²) < 4.78 is 22.4. The summed E-state index contributed by atoms with van der Waals surface area (Å²) in [6, 6.07) is 5.16. The fraction of sp³-hybridized carbons (Fsp3) is 0.444. The lowest BCUT2D eigenvalue weighted by atomic mass is 9.94. The van der Waals surface area contributed by atoms with Gasteiger partial charge >= 0.3 is 17.9 Å². The van der Waals surface area contributed by atoms with Crippen LogP contribution >= 0.6 is 0 Å². The van der Waals surface area contributed by atoms with Gasteiger partial charge in [-0.2, -0.15) is 0 Å². The van der Waals surface area contributed by atoms with E-state index in [1.165, 1.54) is 6.92 Å². The molecule has 0 bridgehead atoms. The standard InChI is InChI=1S/C18H20O6/c1-5-17(20)21-13-6-7-14-11(3)15-8-10(2)22-18(15,23-12(4)19)24-16(14)9-13/h6-7,9-10H,5,8H2,1-4H3/t10-,18-/m1/s1. The van der Waals surface area contributed by atoms with E-state index >= 15 is 0 Å². The first-order valence-electron chi connectivity index (χ1n) is 7.96. The molecule has 1 aromatic rings. The van der Waals surface area contributed by atoms with Crippen molar-refractivity contribution in [3.8, 4) is 11.5 Å². The van der Waals surface area contributed by atoms with Crippen molar-refractivity contribution in [1.82, 2.24) is 0 Å². The summed E-state index contributed by atoms with van der Waals surface area (Å²) in [7, 11) is 0. The van der Waals surface area contributed by atoms with E-state index in [2.05, 4.69) is 0 Å². The third-order valence-electron chi connectivity index (χ3n) is 4.07. The second kappa shape index (κ2) is 5.94. The maximum Gasteiger partial charge on any atom is 0.400 e. The van der Waals surface area contributed by atoms with Crippen LogP contribution in [-0.2, 0) is 19.1 Å². The van der Waals surface area contributed by atoms with E-state index in [0.717, 1.165) is 16.7 Å². The van der Waals surface area contributed by atoms with Crippen molar-refractivity contribution in [3.05, 3.63) is 29.3 Å². The third-order valence-corrected chi connectivity index (χ3v) is 4.07. The zero-order valence-electron chi connectivity index (χ0n) is 14.2. The van der Waals surface area contributed by atoms with Crippen molar-refractivity contribution in [2.24, 2.45) is 0 Å². The highest BCUT2D eigenvalue weighted by Crippen LogP contribution is 2.49. The molecule has 0 saturated carbocycles. The fourth-order valence-corrected chi connectivity index (χ4v) is 3.03. The molecule has 2 aliphatic heterocycles.